The molecule has 30 heavy (non-hydrogen) atoms. The molecule has 13 heteroatoms. The van der Waals surface area contributed by atoms with Gasteiger partial charge in [-0.15, -0.1) is 0 Å². The van der Waals surface area contributed by atoms with E-state index in [2.05, 4.69) is 40.6 Å². The Bertz CT molecular complexity index is 1160. The first kappa shape index (κ1) is 21.5. The SMILES string of the molecule is CNC(=O)N(c1ccc(S(=O)(=O)Nc2ccon2)cn1)c1cc(F)c(Br)cc1OC. The third-order valence-electron chi connectivity index (χ3n) is 3.82. The zero-order valence-corrected chi connectivity index (χ0v) is 18.0. The van der Waals surface area contributed by atoms with E-state index < -0.39 is 21.9 Å². The highest BCUT2D eigenvalue weighted by molar-refractivity contribution is 9.10. The molecule has 0 aliphatic heterocycles. The molecule has 0 fully saturated rings. The minimum Gasteiger partial charge on any atom is -0.495 e. The summed E-state index contributed by atoms with van der Waals surface area (Å²) < 4.78 is 51.2. The summed E-state index contributed by atoms with van der Waals surface area (Å²) in [5, 5.41) is 5.91. The highest BCUT2D eigenvalue weighted by atomic mass is 79.9. The van der Waals surface area contributed by atoms with E-state index in [9.17, 15) is 17.6 Å². The lowest BCUT2D eigenvalue weighted by molar-refractivity contribution is 0.250. The minimum atomic E-state index is -3.99. The van der Waals surface area contributed by atoms with Crippen molar-refractivity contribution < 1.29 is 26.9 Å². The smallest absolute Gasteiger partial charge is 0.327 e. The molecule has 0 unspecified atom stereocenters. The third-order valence-corrected chi connectivity index (χ3v) is 5.76. The number of amides is 2. The largest absolute Gasteiger partial charge is 0.495 e. The minimum absolute atomic E-state index is 0.00105. The average Bonchev–Trinajstić information content (AvgIpc) is 3.23. The van der Waals surface area contributed by atoms with Gasteiger partial charge in [-0.05, 0) is 34.1 Å². The molecule has 3 rings (SSSR count). The zero-order chi connectivity index (χ0) is 21.9. The Balaban J connectivity index is 2.01. The summed E-state index contributed by atoms with van der Waals surface area (Å²) in [6.07, 6.45) is 2.26. The van der Waals surface area contributed by atoms with Gasteiger partial charge in [0.2, 0.25) is 0 Å². The van der Waals surface area contributed by atoms with Crippen LogP contribution < -0.4 is 19.7 Å². The van der Waals surface area contributed by atoms with Crippen LogP contribution in [-0.2, 0) is 10.0 Å². The van der Waals surface area contributed by atoms with Gasteiger partial charge in [-0.2, -0.15) is 0 Å². The number of hydrogen-bond donors (Lipinski definition) is 2. The second-order valence-corrected chi connectivity index (χ2v) is 8.21. The van der Waals surface area contributed by atoms with E-state index in [4.69, 9.17) is 4.74 Å². The molecule has 1 aromatic carbocycles. The standard InChI is InChI=1S/C17H15BrFN5O5S/c1-20-17(25)24(13-8-12(19)11(18)7-14(13)28-2)16-4-3-10(9-21-16)30(26,27)23-15-5-6-29-22-15/h3-9H,1-2H3,(H,20,25)(H,22,23). The lowest BCUT2D eigenvalue weighted by Gasteiger charge is -2.23. The molecule has 0 saturated heterocycles. The number of halogens is 2. The summed E-state index contributed by atoms with van der Waals surface area (Å²) in [5.41, 5.74) is 0.0707. The predicted octanol–water partition coefficient (Wildman–Crippen LogP) is 3.26. The number of anilines is 3. The molecule has 2 N–H and O–H groups in total. The summed E-state index contributed by atoms with van der Waals surface area (Å²) >= 11 is 3.06. The summed E-state index contributed by atoms with van der Waals surface area (Å²) in [7, 11) is -1.23. The fraction of sp³-hybridized carbons (Fsp3) is 0.118. The fourth-order valence-electron chi connectivity index (χ4n) is 2.43. The van der Waals surface area contributed by atoms with E-state index in [1.165, 1.54) is 44.7 Å². The number of pyridine rings is 1. The second kappa shape index (κ2) is 8.67. The Hall–Kier alpha value is -3.19. The maximum atomic E-state index is 14.2. The Kier molecular flexibility index (Phi) is 6.22. The molecular weight excluding hydrogens is 485 g/mol. The van der Waals surface area contributed by atoms with Crippen LogP contribution in [0.1, 0.15) is 0 Å². The second-order valence-electron chi connectivity index (χ2n) is 5.67. The Morgan fingerprint density at radius 3 is 2.63 bits per heavy atom. The summed E-state index contributed by atoms with van der Waals surface area (Å²) in [6.45, 7) is 0. The van der Waals surface area contributed by atoms with Crippen LogP contribution in [0.3, 0.4) is 0 Å². The quantitative estimate of drug-likeness (QED) is 0.532. The van der Waals surface area contributed by atoms with Gasteiger partial charge in [-0.3, -0.25) is 4.72 Å². The molecule has 0 saturated carbocycles. The first-order chi connectivity index (χ1) is 14.3. The number of carbonyl (C=O) groups excluding carboxylic acids is 1. The van der Waals surface area contributed by atoms with E-state index in [1.807, 2.05) is 0 Å². The third kappa shape index (κ3) is 4.36. The van der Waals surface area contributed by atoms with Gasteiger partial charge in [0, 0.05) is 25.4 Å². The summed E-state index contributed by atoms with van der Waals surface area (Å²) in [5.74, 6) is -0.398. The molecule has 0 aliphatic rings. The number of ether oxygens (including phenoxy) is 1. The molecule has 2 aromatic heterocycles. The van der Waals surface area contributed by atoms with Crippen molar-refractivity contribution in [1.82, 2.24) is 15.5 Å². The Morgan fingerprint density at radius 1 is 1.30 bits per heavy atom. The first-order valence-corrected chi connectivity index (χ1v) is 10.5. The van der Waals surface area contributed by atoms with Gasteiger partial charge in [-0.1, -0.05) is 5.16 Å². The normalized spacial score (nSPS) is 11.1. The number of carbonyl (C=O) groups is 1. The Labute approximate surface area is 179 Å². The van der Waals surface area contributed by atoms with Crippen LogP contribution >= 0.6 is 15.9 Å². The molecule has 0 aliphatic carbocycles. The monoisotopic (exact) mass is 499 g/mol. The number of aromatic nitrogens is 2. The molecule has 2 amide bonds. The number of nitrogens with one attached hydrogen (secondary N) is 2. The van der Waals surface area contributed by atoms with Gasteiger partial charge in [0.1, 0.15) is 28.5 Å². The highest BCUT2D eigenvalue weighted by Crippen LogP contribution is 2.37. The van der Waals surface area contributed by atoms with Crippen molar-refractivity contribution in [3.63, 3.8) is 0 Å². The van der Waals surface area contributed by atoms with Gasteiger partial charge in [-0.25, -0.2) is 27.5 Å². The summed E-state index contributed by atoms with van der Waals surface area (Å²) in [4.78, 5) is 17.4. The average molecular weight is 500 g/mol. The van der Waals surface area contributed by atoms with Crippen LogP contribution in [0.15, 0.2) is 56.7 Å². The predicted molar refractivity (Wildman–Crippen MR) is 109 cm³/mol. The number of benzene rings is 1. The van der Waals surface area contributed by atoms with Crippen LogP contribution in [0.25, 0.3) is 0 Å². The number of rotatable bonds is 6. The van der Waals surface area contributed by atoms with Crippen molar-refractivity contribution in [2.75, 3.05) is 23.8 Å². The molecule has 3 aromatic rings. The van der Waals surface area contributed by atoms with Crippen molar-refractivity contribution in [1.29, 1.82) is 0 Å². The maximum absolute atomic E-state index is 14.2. The molecule has 2 heterocycles. The maximum Gasteiger partial charge on any atom is 0.327 e. The fourth-order valence-corrected chi connectivity index (χ4v) is 3.69. The van der Waals surface area contributed by atoms with Crippen LogP contribution in [0.5, 0.6) is 5.75 Å². The van der Waals surface area contributed by atoms with E-state index in [0.717, 1.165) is 17.2 Å². The van der Waals surface area contributed by atoms with Crippen molar-refractivity contribution in [3.8, 4) is 5.75 Å². The molecular formula is C17H15BrFN5O5S. The molecule has 0 bridgehead atoms. The van der Waals surface area contributed by atoms with Crippen LogP contribution in [0, 0.1) is 5.82 Å². The number of sulfonamides is 1. The van der Waals surface area contributed by atoms with Crippen LogP contribution in [-0.4, -0.2) is 38.7 Å². The topological polar surface area (TPSA) is 127 Å². The van der Waals surface area contributed by atoms with Crippen LogP contribution in [0.4, 0.5) is 26.5 Å². The lowest BCUT2D eigenvalue weighted by atomic mass is 10.2. The van der Waals surface area contributed by atoms with Gasteiger partial charge >= 0.3 is 6.03 Å². The van der Waals surface area contributed by atoms with Crippen molar-refractivity contribution >= 4 is 49.3 Å². The molecule has 0 radical (unpaired) electrons. The van der Waals surface area contributed by atoms with Gasteiger partial charge in [0.25, 0.3) is 10.0 Å². The number of hydrogen-bond acceptors (Lipinski definition) is 7. The Morgan fingerprint density at radius 2 is 2.07 bits per heavy atom. The summed E-state index contributed by atoms with van der Waals surface area (Å²) in [6, 6.07) is 5.69. The van der Waals surface area contributed by atoms with Gasteiger partial charge < -0.3 is 14.6 Å². The van der Waals surface area contributed by atoms with Crippen molar-refractivity contribution in [3.05, 3.63) is 53.1 Å². The number of nitrogens with zero attached hydrogens (tertiary/aromatic N) is 3. The molecule has 158 valence electrons. The molecule has 0 spiro atoms. The van der Waals surface area contributed by atoms with Gasteiger partial charge in [0.15, 0.2) is 5.82 Å². The first-order valence-electron chi connectivity index (χ1n) is 8.21. The van der Waals surface area contributed by atoms with E-state index >= 15 is 0 Å². The van der Waals surface area contributed by atoms with E-state index in [-0.39, 0.29) is 32.4 Å². The van der Waals surface area contributed by atoms with Crippen LogP contribution in [0.2, 0.25) is 0 Å². The van der Waals surface area contributed by atoms with E-state index in [0.29, 0.717) is 0 Å². The van der Waals surface area contributed by atoms with Gasteiger partial charge in [0.05, 0.1) is 17.3 Å². The van der Waals surface area contributed by atoms with Crippen molar-refractivity contribution in [2.45, 2.75) is 4.90 Å². The number of urea groups is 1. The molecule has 10 nitrogen and oxygen atoms in total. The van der Waals surface area contributed by atoms with Crippen molar-refractivity contribution in [2.24, 2.45) is 0 Å². The number of methoxy groups -OCH3 is 1. The lowest BCUT2D eigenvalue weighted by Crippen LogP contribution is -2.35. The highest BCUT2D eigenvalue weighted by Gasteiger charge is 2.25. The van der Waals surface area contributed by atoms with E-state index in [1.54, 1.807) is 0 Å². The molecule has 0 atom stereocenters. The zero-order valence-electron chi connectivity index (χ0n) is 15.6.